The molecule has 1 atom stereocenters. The van der Waals surface area contributed by atoms with Crippen LogP contribution in [0.1, 0.15) is 13.3 Å². The predicted octanol–water partition coefficient (Wildman–Crippen LogP) is 2.58. The molecule has 0 aromatic heterocycles. The van der Waals surface area contributed by atoms with Crippen molar-refractivity contribution < 1.29 is 9.53 Å². The lowest BCUT2D eigenvalue weighted by Gasteiger charge is -2.11. The molecule has 0 aliphatic carbocycles. The minimum atomic E-state index is -0.0367. The number of carbonyl (C=O) groups excluding carboxylic acids is 1. The second kappa shape index (κ2) is 8.40. The molecule has 1 aromatic carbocycles. The normalized spacial score (nSPS) is 12.0. The lowest BCUT2D eigenvalue weighted by atomic mass is 10.2. The summed E-state index contributed by atoms with van der Waals surface area (Å²) in [4.78, 5) is 11.5. The molecule has 1 rings (SSSR count). The van der Waals surface area contributed by atoms with Gasteiger partial charge in [0.2, 0.25) is 5.91 Å². The molecule has 0 heterocycles. The maximum Gasteiger partial charge on any atom is 0.223 e. The summed E-state index contributed by atoms with van der Waals surface area (Å²) in [5, 5.41) is 3.44. The van der Waals surface area contributed by atoms with E-state index in [1.807, 2.05) is 6.92 Å². The van der Waals surface area contributed by atoms with Crippen LogP contribution in [0.4, 0.5) is 0 Å². The summed E-state index contributed by atoms with van der Waals surface area (Å²) in [6, 6.07) is 5.26. The molecular weight excluding hydrogens is 332 g/mol. The smallest absolute Gasteiger partial charge is 0.223 e. The summed E-state index contributed by atoms with van der Waals surface area (Å²) in [6.45, 7) is 3.47. The first-order valence-corrected chi connectivity index (χ1v) is 7.24. The van der Waals surface area contributed by atoms with Crippen molar-refractivity contribution in [1.82, 2.24) is 5.32 Å². The van der Waals surface area contributed by atoms with Crippen LogP contribution in [0.3, 0.4) is 0 Å². The van der Waals surface area contributed by atoms with Crippen LogP contribution in [-0.2, 0) is 4.79 Å². The number of rotatable bonds is 7. The fraction of sp³-hybridized carbons (Fsp3) is 0.462. The van der Waals surface area contributed by atoms with E-state index in [1.54, 1.807) is 18.2 Å². The summed E-state index contributed by atoms with van der Waals surface area (Å²) in [7, 11) is 0. The average Bonchev–Trinajstić information content (AvgIpc) is 2.38. The Kier molecular flexibility index (Phi) is 7.20. The number of amides is 1. The van der Waals surface area contributed by atoms with E-state index >= 15 is 0 Å². The van der Waals surface area contributed by atoms with Crippen LogP contribution in [0.2, 0.25) is 5.02 Å². The van der Waals surface area contributed by atoms with Gasteiger partial charge in [0.25, 0.3) is 0 Å². The highest BCUT2D eigenvalue weighted by Gasteiger charge is 2.06. The number of halogens is 2. The number of benzene rings is 1. The van der Waals surface area contributed by atoms with Gasteiger partial charge in [-0.3, -0.25) is 4.79 Å². The van der Waals surface area contributed by atoms with Gasteiger partial charge in [-0.15, -0.1) is 0 Å². The Morgan fingerprint density at radius 2 is 2.32 bits per heavy atom. The van der Waals surface area contributed by atoms with E-state index < -0.39 is 0 Å². The maximum atomic E-state index is 11.5. The standard InChI is InChI=1S/C13H18BrClN2O2/c1-9(7-16)8-17-13(18)4-5-19-12-3-2-10(15)6-11(12)14/h2-3,6,9H,4-5,7-8,16H2,1H3,(H,17,18). The molecular formula is C13H18BrClN2O2. The minimum absolute atomic E-state index is 0.0367. The Morgan fingerprint density at radius 3 is 2.95 bits per heavy atom. The predicted molar refractivity (Wildman–Crippen MR) is 80.5 cm³/mol. The highest BCUT2D eigenvalue weighted by molar-refractivity contribution is 9.10. The van der Waals surface area contributed by atoms with E-state index in [-0.39, 0.29) is 11.8 Å². The molecule has 1 aromatic rings. The number of hydrogen-bond acceptors (Lipinski definition) is 3. The molecule has 6 heteroatoms. The molecule has 0 aliphatic rings. The van der Waals surface area contributed by atoms with Crippen molar-refractivity contribution >= 4 is 33.4 Å². The monoisotopic (exact) mass is 348 g/mol. The molecule has 3 N–H and O–H groups in total. The summed E-state index contributed by atoms with van der Waals surface area (Å²) in [5.41, 5.74) is 5.47. The quantitative estimate of drug-likeness (QED) is 0.795. The van der Waals surface area contributed by atoms with Crippen molar-refractivity contribution in [2.24, 2.45) is 11.7 Å². The van der Waals surface area contributed by atoms with Crippen LogP contribution >= 0.6 is 27.5 Å². The van der Waals surface area contributed by atoms with Gasteiger partial charge in [0.15, 0.2) is 0 Å². The number of nitrogens with one attached hydrogen (secondary N) is 1. The zero-order valence-electron chi connectivity index (χ0n) is 10.8. The highest BCUT2D eigenvalue weighted by atomic mass is 79.9. The lowest BCUT2D eigenvalue weighted by molar-refractivity contribution is -0.121. The number of hydrogen-bond donors (Lipinski definition) is 2. The molecule has 0 saturated carbocycles. The van der Waals surface area contributed by atoms with Gasteiger partial charge in [-0.05, 0) is 46.6 Å². The third-order valence-corrected chi connectivity index (χ3v) is 3.39. The highest BCUT2D eigenvalue weighted by Crippen LogP contribution is 2.27. The zero-order chi connectivity index (χ0) is 14.3. The van der Waals surface area contributed by atoms with Gasteiger partial charge in [-0.2, -0.15) is 0 Å². The topological polar surface area (TPSA) is 64.3 Å². The van der Waals surface area contributed by atoms with Crippen molar-refractivity contribution in [3.05, 3.63) is 27.7 Å². The zero-order valence-corrected chi connectivity index (χ0v) is 13.1. The largest absolute Gasteiger partial charge is 0.492 e. The van der Waals surface area contributed by atoms with Gasteiger partial charge in [-0.25, -0.2) is 0 Å². The van der Waals surface area contributed by atoms with Crippen molar-refractivity contribution in [1.29, 1.82) is 0 Å². The first kappa shape index (κ1) is 16.3. The summed E-state index contributed by atoms with van der Waals surface area (Å²) >= 11 is 9.18. The third kappa shape index (κ3) is 6.27. The summed E-state index contributed by atoms with van der Waals surface area (Å²) in [6.07, 6.45) is 0.312. The Bertz CT molecular complexity index is 429. The van der Waals surface area contributed by atoms with Crippen molar-refractivity contribution in [2.45, 2.75) is 13.3 Å². The molecule has 19 heavy (non-hydrogen) atoms. The van der Waals surface area contributed by atoms with E-state index in [2.05, 4.69) is 21.2 Å². The average molecular weight is 350 g/mol. The fourth-order valence-electron chi connectivity index (χ4n) is 1.31. The Morgan fingerprint density at radius 1 is 1.58 bits per heavy atom. The number of nitrogens with two attached hydrogens (primary N) is 1. The van der Waals surface area contributed by atoms with Gasteiger partial charge in [0.1, 0.15) is 5.75 Å². The van der Waals surface area contributed by atoms with Gasteiger partial charge >= 0.3 is 0 Å². The number of ether oxygens (including phenoxy) is 1. The summed E-state index contributed by atoms with van der Waals surface area (Å²) in [5.74, 6) is 0.924. The molecule has 1 amide bonds. The lowest BCUT2D eigenvalue weighted by Crippen LogP contribution is -2.31. The molecule has 4 nitrogen and oxygen atoms in total. The van der Waals surface area contributed by atoms with Crippen LogP contribution in [-0.4, -0.2) is 25.6 Å². The molecule has 0 spiro atoms. The molecule has 0 fully saturated rings. The SMILES string of the molecule is CC(CN)CNC(=O)CCOc1ccc(Cl)cc1Br. The van der Waals surface area contributed by atoms with Crippen molar-refractivity contribution in [2.75, 3.05) is 19.7 Å². The number of carbonyl (C=O) groups is 1. The second-order valence-electron chi connectivity index (χ2n) is 4.32. The minimum Gasteiger partial charge on any atom is -0.492 e. The van der Waals surface area contributed by atoms with Crippen LogP contribution in [0.25, 0.3) is 0 Å². The second-order valence-corrected chi connectivity index (χ2v) is 5.61. The van der Waals surface area contributed by atoms with Crippen LogP contribution in [0.15, 0.2) is 22.7 Å². The maximum absolute atomic E-state index is 11.5. The first-order chi connectivity index (χ1) is 9.02. The van der Waals surface area contributed by atoms with Crippen LogP contribution < -0.4 is 15.8 Å². The Balaban J connectivity index is 2.28. The van der Waals surface area contributed by atoms with Gasteiger partial charge in [0.05, 0.1) is 17.5 Å². The van der Waals surface area contributed by atoms with Crippen molar-refractivity contribution in [3.8, 4) is 5.75 Å². The fourth-order valence-corrected chi connectivity index (χ4v) is 2.10. The van der Waals surface area contributed by atoms with Crippen LogP contribution in [0, 0.1) is 5.92 Å². The molecule has 1 unspecified atom stereocenters. The van der Waals surface area contributed by atoms with Crippen LogP contribution in [0.5, 0.6) is 5.75 Å². The molecule has 0 radical (unpaired) electrons. The van der Waals surface area contributed by atoms with Crippen molar-refractivity contribution in [3.63, 3.8) is 0 Å². The van der Waals surface area contributed by atoms with E-state index in [9.17, 15) is 4.79 Å². The van der Waals surface area contributed by atoms with Gasteiger partial charge in [0, 0.05) is 11.6 Å². The summed E-state index contributed by atoms with van der Waals surface area (Å²) < 4.78 is 6.28. The van der Waals surface area contributed by atoms with E-state index in [0.717, 1.165) is 4.47 Å². The van der Waals surface area contributed by atoms with Gasteiger partial charge < -0.3 is 15.8 Å². The molecule has 0 saturated heterocycles. The Labute approximate surface area is 126 Å². The third-order valence-electron chi connectivity index (χ3n) is 2.53. The van der Waals surface area contributed by atoms with E-state index in [1.165, 1.54) is 0 Å². The molecule has 0 bridgehead atoms. The van der Waals surface area contributed by atoms with E-state index in [0.29, 0.717) is 36.9 Å². The molecule has 106 valence electrons. The molecule has 0 aliphatic heterocycles. The Hall–Kier alpha value is -0.780. The first-order valence-electron chi connectivity index (χ1n) is 6.07. The van der Waals surface area contributed by atoms with E-state index in [4.69, 9.17) is 22.1 Å². The van der Waals surface area contributed by atoms with Gasteiger partial charge in [-0.1, -0.05) is 18.5 Å².